The summed E-state index contributed by atoms with van der Waals surface area (Å²) in [6, 6.07) is 53.9. The SMILES string of the molecule is c1ccc(N(c2ccccc2)c2ccc3c(c2)oc2cc4c(cc23)N(c2ccccc2)c2nccc3c2B4c2cc4c5c(c2N3c2ccc3c6c2CCCC6CCC3)CCCC5CCC4)cc1. The van der Waals surface area contributed by atoms with Gasteiger partial charge >= 0.3 is 0 Å². The van der Waals surface area contributed by atoms with Gasteiger partial charge in [-0.3, -0.25) is 4.90 Å². The first-order valence-electron chi connectivity index (χ1n) is 25.1. The molecule has 0 amide bonds. The minimum atomic E-state index is -0.00896. The summed E-state index contributed by atoms with van der Waals surface area (Å²) in [7, 11) is 0. The zero-order chi connectivity index (χ0) is 43.7. The fourth-order valence-electron chi connectivity index (χ4n) is 14.1. The van der Waals surface area contributed by atoms with Crippen LogP contribution in [0, 0.1) is 0 Å². The molecule has 0 saturated heterocycles. The molecule has 0 N–H and O–H groups in total. The number of rotatable bonds is 5. The maximum absolute atomic E-state index is 7.12. The van der Waals surface area contributed by atoms with E-state index in [2.05, 4.69) is 166 Å². The highest BCUT2D eigenvalue weighted by molar-refractivity contribution is 7.00. The molecule has 2 aliphatic heterocycles. The summed E-state index contributed by atoms with van der Waals surface area (Å²) in [6.45, 7) is -0.00896. The number of aryl methyl sites for hydroxylation is 2. The van der Waals surface area contributed by atoms with Crippen LogP contribution in [-0.2, 0) is 25.7 Å². The molecule has 15 rings (SSSR count). The van der Waals surface area contributed by atoms with Crippen LogP contribution in [0.5, 0.6) is 0 Å². The molecule has 5 nitrogen and oxygen atoms in total. The summed E-state index contributed by atoms with van der Waals surface area (Å²) in [6.07, 6.45) is 17.1. The summed E-state index contributed by atoms with van der Waals surface area (Å²) < 4.78 is 7.12. The molecule has 2 unspecified atom stereocenters. The maximum atomic E-state index is 7.12. The van der Waals surface area contributed by atoms with Crippen molar-refractivity contribution in [2.45, 2.75) is 88.9 Å². The second-order valence-electron chi connectivity index (χ2n) is 20.2. The molecule has 6 heteroatoms. The number of aromatic nitrogens is 1. The average molecular weight is 867 g/mol. The zero-order valence-corrected chi connectivity index (χ0v) is 37.8. The Kier molecular flexibility index (Phi) is 8.37. The minimum Gasteiger partial charge on any atom is -0.456 e. The molecular weight excluding hydrogens is 816 g/mol. The van der Waals surface area contributed by atoms with Crippen molar-refractivity contribution < 1.29 is 4.42 Å². The summed E-state index contributed by atoms with van der Waals surface area (Å²) >= 11 is 0. The molecule has 324 valence electrons. The molecule has 2 atom stereocenters. The Labute approximate surface area is 392 Å². The number of benzene rings is 7. The summed E-state index contributed by atoms with van der Waals surface area (Å²) in [5, 5.41) is 2.23. The number of hydrogen-bond acceptors (Lipinski definition) is 5. The lowest BCUT2D eigenvalue weighted by atomic mass is 9.33. The lowest BCUT2D eigenvalue weighted by Gasteiger charge is -2.47. The largest absolute Gasteiger partial charge is 0.456 e. The number of fused-ring (bicyclic) bond motifs is 8. The van der Waals surface area contributed by atoms with Crippen LogP contribution in [0.25, 0.3) is 21.9 Å². The first-order valence-corrected chi connectivity index (χ1v) is 25.1. The molecule has 4 aliphatic carbocycles. The molecule has 6 aliphatic rings. The number of pyridine rings is 1. The predicted octanol–water partition coefficient (Wildman–Crippen LogP) is 14.0. The second kappa shape index (κ2) is 14.7. The van der Waals surface area contributed by atoms with E-state index < -0.39 is 0 Å². The number of hydrogen-bond donors (Lipinski definition) is 0. The minimum absolute atomic E-state index is 0.00896. The smallest absolute Gasteiger partial charge is 0.254 e. The predicted molar refractivity (Wildman–Crippen MR) is 277 cm³/mol. The monoisotopic (exact) mass is 866 g/mol. The van der Waals surface area contributed by atoms with E-state index in [4.69, 9.17) is 9.40 Å². The van der Waals surface area contributed by atoms with E-state index in [0.29, 0.717) is 11.8 Å². The van der Waals surface area contributed by atoms with Crippen molar-refractivity contribution in [2.24, 2.45) is 0 Å². The van der Waals surface area contributed by atoms with Gasteiger partial charge in [0.15, 0.2) is 0 Å². The zero-order valence-electron chi connectivity index (χ0n) is 37.8. The number of anilines is 9. The molecule has 67 heavy (non-hydrogen) atoms. The van der Waals surface area contributed by atoms with Crippen molar-refractivity contribution in [3.63, 3.8) is 0 Å². The van der Waals surface area contributed by atoms with Crippen molar-refractivity contribution >= 4 is 96.4 Å². The van der Waals surface area contributed by atoms with Crippen LogP contribution < -0.4 is 31.1 Å². The summed E-state index contributed by atoms with van der Waals surface area (Å²) in [5.74, 6) is 2.37. The van der Waals surface area contributed by atoms with Gasteiger partial charge in [0.25, 0.3) is 6.71 Å². The van der Waals surface area contributed by atoms with E-state index in [-0.39, 0.29) is 6.71 Å². The first-order chi connectivity index (χ1) is 33.2. The summed E-state index contributed by atoms with van der Waals surface area (Å²) in [5.41, 5.74) is 25.4. The molecule has 9 aromatic rings. The third-order valence-corrected chi connectivity index (χ3v) is 16.7. The van der Waals surface area contributed by atoms with Gasteiger partial charge in [-0.2, -0.15) is 0 Å². The lowest BCUT2D eigenvalue weighted by molar-refractivity contribution is 0.476. The van der Waals surface area contributed by atoms with Crippen molar-refractivity contribution in [1.29, 1.82) is 0 Å². The van der Waals surface area contributed by atoms with Gasteiger partial charge in [-0.25, -0.2) is 4.98 Å². The highest BCUT2D eigenvalue weighted by Crippen LogP contribution is 2.53. The van der Waals surface area contributed by atoms with Gasteiger partial charge in [-0.1, -0.05) is 66.7 Å². The van der Waals surface area contributed by atoms with E-state index in [1.165, 1.54) is 96.9 Å². The van der Waals surface area contributed by atoms with Crippen molar-refractivity contribution in [1.82, 2.24) is 4.98 Å². The molecule has 0 radical (unpaired) electrons. The highest BCUT2D eigenvalue weighted by Gasteiger charge is 2.47. The molecule has 0 saturated carbocycles. The van der Waals surface area contributed by atoms with Gasteiger partial charge in [0.2, 0.25) is 0 Å². The highest BCUT2D eigenvalue weighted by atomic mass is 16.3. The Balaban J connectivity index is 0.995. The standard InChI is InChI=1S/C61H51BN4O/c1-4-20-42(21-5-1)64(43-22-6-2-7-23-43)45-29-30-46-49-36-54-50(37-56(49)67-55(46)35-45)62-51-34-41-19-11-15-39-18-13-27-48(58(39)41)60(51)66(52-31-28-40-16-10-14-38-17-12-26-47(52)57(38)40)53-32-33-63-61(59(53)62)65(54)44-24-8-3-9-25-44/h1-9,20-25,28-39H,10-19,26-27H2. The number of furan rings is 1. The third-order valence-electron chi connectivity index (χ3n) is 16.7. The second-order valence-corrected chi connectivity index (χ2v) is 20.2. The maximum Gasteiger partial charge on any atom is 0.254 e. The molecule has 0 fully saturated rings. The van der Waals surface area contributed by atoms with Crippen LogP contribution in [0.2, 0.25) is 0 Å². The van der Waals surface area contributed by atoms with E-state index in [1.54, 1.807) is 33.4 Å². The summed E-state index contributed by atoms with van der Waals surface area (Å²) in [4.78, 5) is 13.0. The molecule has 2 aromatic heterocycles. The van der Waals surface area contributed by atoms with E-state index in [9.17, 15) is 0 Å². The Morgan fingerprint density at radius 3 is 1.91 bits per heavy atom. The Bertz CT molecular complexity index is 3430. The van der Waals surface area contributed by atoms with Crippen LogP contribution in [-0.4, -0.2) is 11.7 Å². The van der Waals surface area contributed by atoms with Gasteiger partial charge in [0, 0.05) is 68.5 Å². The fourth-order valence-corrected chi connectivity index (χ4v) is 14.1. The average Bonchev–Trinajstić information content (AvgIpc) is 3.74. The topological polar surface area (TPSA) is 35.8 Å². The first kappa shape index (κ1) is 38.1. The van der Waals surface area contributed by atoms with Gasteiger partial charge in [0.05, 0.1) is 0 Å². The normalized spacial score (nSPS) is 18.5. The number of nitrogens with zero attached hydrogens (tertiary/aromatic N) is 4. The Hall–Kier alpha value is -7.05. The van der Waals surface area contributed by atoms with Crippen LogP contribution >= 0.6 is 0 Å². The van der Waals surface area contributed by atoms with Gasteiger partial charge < -0.3 is 14.2 Å². The van der Waals surface area contributed by atoms with Crippen LogP contribution in [0.1, 0.15) is 96.6 Å². The van der Waals surface area contributed by atoms with Gasteiger partial charge in [-0.15, -0.1) is 0 Å². The van der Waals surface area contributed by atoms with Gasteiger partial charge in [0.1, 0.15) is 17.0 Å². The fraction of sp³-hybridized carbons (Fsp3) is 0.230. The molecule has 4 heterocycles. The molecular formula is C61H51BN4O. The van der Waals surface area contributed by atoms with Crippen molar-refractivity contribution in [3.05, 3.63) is 185 Å². The van der Waals surface area contributed by atoms with Crippen molar-refractivity contribution in [2.75, 3.05) is 14.7 Å². The molecule has 0 bridgehead atoms. The Morgan fingerprint density at radius 2 is 1.16 bits per heavy atom. The van der Waals surface area contributed by atoms with E-state index in [1.807, 2.05) is 0 Å². The quantitative estimate of drug-likeness (QED) is 0.161. The van der Waals surface area contributed by atoms with Crippen LogP contribution in [0.15, 0.2) is 156 Å². The molecule has 7 aromatic carbocycles. The third kappa shape index (κ3) is 5.59. The van der Waals surface area contributed by atoms with E-state index >= 15 is 0 Å². The molecule has 0 spiro atoms. The lowest BCUT2D eigenvalue weighted by Crippen LogP contribution is -2.62. The van der Waals surface area contributed by atoms with Crippen molar-refractivity contribution in [3.8, 4) is 0 Å². The Morgan fingerprint density at radius 1 is 0.507 bits per heavy atom. The van der Waals surface area contributed by atoms with E-state index in [0.717, 1.165) is 69.8 Å². The van der Waals surface area contributed by atoms with Gasteiger partial charge in [-0.05, 0) is 211 Å². The van der Waals surface area contributed by atoms with Crippen LogP contribution in [0.3, 0.4) is 0 Å². The van der Waals surface area contributed by atoms with Crippen LogP contribution in [0.4, 0.5) is 51.3 Å². The number of para-hydroxylation sites is 3.